The van der Waals surface area contributed by atoms with Gasteiger partial charge in [0.2, 0.25) is 5.91 Å². The molecule has 0 aromatic heterocycles. The molecule has 3 nitrogen and oxygen atoms in total. The van der Waals surface area contributed by atoms with Crippen molar-refractivity contribution in [2.75, 3.05) is 20.3 Å². The Kier molecular flexibility index (Phi) is 5.77. The van der Waals surface area contributed by atoms with Gasteiger partial charge in [-0.25, -0.2) is 0 Å². The van der Waals surface area contributed by atoms with Gasteiger partial charge in [0, 0.05) is 36.4 Å². The zero-order valence-corrected chi connectivity index (χ0v) is 15.3. The third-order valence-corrected chi connectivity index (χ3v) is 5.18. The van der Waals surface area contributed by atoms with Gasteiger partial charge in [0.05, 0.1) is 6.61 Å². The quantitative estimate of drug-likeness (QED) is 0.760. The van der Waals surface area contributed by atoms with Crippen LogP contribution in [0.4, 0.5) is 0 Å². The molecule has 0 bridgehead atoms. The summed E-state index contributed by atoms with van der Waals surface area (Å²) in [6.45, 7) is 1.41. The Bertz CT molecular complexity index is 696. The Hall–Kier alpha value is -1.84. The molecule has 0 radical (unpaired) electrons. The average Bonchev–Trinajstić information content (AvgIpc) is 3.40. The molecule has 2 aromatic rings. The van der Waals surface area contributed by atoms with Crippen LogP contribution in [-0.2, 0) is 9.53 Å². The molecule has 1 N–H and O–H groups in total. The number of ether oxygens (including phenoxy) is 1. The summed E-state index contributed by atoms with van der Waals surface area (Å²) in [6, 6.07) is 17.9. The minimum atomic E-state index is 0.0241. The number of carbonyl (C=O) groups is 1. The number of nitrogens with one attached hydrogen (secondary N) is 1. The van der Waals surface area contributed by atoms with E-state index in [1.807, 2.05) is 42.5 Å². The standard InChI is InChI=1S/C21H24ClNO2/c1-25-15-21(11-12-21)14-23-20(24)13-19(16-5-3-2-4-6-16)17-7-9-18(22)10-8-17/h2-10,19H,11-15H2,1H3,(H,23,24)/t19-/m1/s1. The van der Waals surface area contributed by atoms with Crippen molar-refractivity contribution in [3.05, 3.63) is 70.7 Å². The molecule has 0 unspecified atom stereocenters. The van der Waals surface area contributed by atoms with Crippen LogP contribution in [0.3, 0.4) is 0 Å². The summed E-state index contributed by atoms with van der Waals surface area (Å²) in [6.07, 6.45) is 2.68. The highest BCUT2D eigenvalue weighted by molar-refractivity contribution is 6.30. The highest BCUT2D eigenvalue weighted by atomic mass is 35.5. The monoisotopic (exact) mass is 357 g/mol. The Labute approximate surface area is 154 Å². The maximum absolute atomic E-state index is 12.6. The lowest BCUT2D eigenvalue weighted by Crippen LogP contribution is -2.33. The minimum absolute atomic E-state index is 0.0241. The van der Waals surface area contributed by atoms with Crippen molar-refractivity contribution < 1.29 is 9.53 Å². The zero-order chi connectivity index (χ0) is 17.7. The third-order valence-electron chi connectivity index (χ3n) is 4.93. The minimum Gasteiger partial charge on any atom is -0.384 e. The number of amides is 1. The van der Waals surface area contributed by atoms with Gasteiger partial charge < -0.3 is 10.1 Å². The number of rotatable bonds is 8. The van der Waals surface area contributed by atoms with E-state index in [0.29, 0.717) is 24.6 Å². The molecule has 1 atom stereocenters. The van der Waals surface area contributed by atoms with E-state index in [9.17, 15) is 4.79 Å². The Morgan fingerprint density at radius 1 is 1.12 bits per heavy atom. The molecule has 1 saturated carbocycles. The predicted molar refractivity (Wildman–Crippen MR) is 101 cm³/mol. The van der Waals surface area contributed by atoms with E-state index in [1.54, 1.807) is 7.11 Å². The van der Waals surface area contributed by atoms with Crippen molar-refractivity contribution in [3.8, 4) is 0 Å². The molecule has 0 spiro atoms. The molecule has 4 heteroatoms. The van der Waals surface area contributed by atoms with Crippen molar-refractivity contribution in [1.82, 2.24) is 5.32 Å². The molecule has 1 aliphatic rings. The van der Waals surface area contributed by atoms with Crippen LogP contribution in [0, 0.1) is 5.41 Å². The fraction of sp³-hybridized carbons (Fsp3) is 0.381. The number of hydrogen-bond donors (Lipinski definition) is 1. The van der Waals surface area contributed by atoms with E-state index in [1.165, 1.54) is 0 Å². The largest absolute Gasteiger partial charge is 0.384 e. The van der Waals surface area contributed by atoms with Gasteiger partial charge in [-0.15, -0.1) is 0 Å². The highest BCUT2D eigenvalue weighted by Gasteiger charge is 2.42. The fourth-order valence-corrected chi connectivity index (χ4v) is 3.33. The van der Waals surface area contributed by atoms with Gasteiger partial charge in [0.25, 0.3) is 0 Å². The summed E-state index contributed by atoms with van der Waals surface area (Å²) in [5, 5.41) is 3.81. The second kappa shape index (κ2) is 8.03. The summed E-state index contributed by atoms with van der Waals surface area (Å²) in [7, 11) is 1.72. The summed E-state index contributed by atoms with van der Waals surface area (Å²) >= 11 is 6.01. The molecule has 1 amide bonds. The first kappa shape index (κ1) is 18.0. The molecule has 132 valence electrons. The van der Waals surface area contributed by atoms with Crippen LogP contribution in [0.5, 0.6) is 0 Å². The van der Waals surface area contributed by atoms with Gasteiger partial charge in [0.1, 0.15) is 0 Å². The summed E-state index contributed by atoms with van der Waals surface area (Å²) in [5.74, 6) is 0.0993. The van der Waals surface area contributed by atoms with E-state index >= 15 is 0 Å². The highest BCUT2D eigenvalue weighted by Crippen LogP contribution is 2.45. The lowest BCUT2D eigenvalue weighted by molar-refractivity contribution is -0.121. The number of methoxy groups -OCH3 is 1. The normalized spacial score (nSPS) is 16.2. The summed E-state index contributed by atoms with van der Waals surface area (Å²) < 4.78 is 5.27. The smallest absolute Gasteiger partial charge is 0.220 e. The number of benzene rings is 2. The molecule has 0 aliphatic heterocycles. The lowest BCUT2D eigenvalue weighted by Gasteiger charge is -2.20. The summed E-state index contributed by atoms with van der Waals surface area (Å²) in [4.78, 5) is 12.6. The van der Waals surface area contributed by atoms with Crippen LogP contribution >= 0.6 is 11.6 Å². The van der Waals surface area contributed by atoms with Gasteiger partial charge in [-0.05, 0) is 36.1 Å². The third kappa shape index (κ3) is 4.83. The van der Waals surface area contributed by atoms with Crippen LogP contribution in [-0.4, -0.2) is 26.2 Å². The maximum Gasteiger partial charge on any atom is 0.220 e. The zero-order valence-electron chi connectivity index (χ0n) is 14.5. The van der Waals surface area contributed by atoms with Crippen molar-refractivity contribution in [3.63, 3.8) is 0 Å². The number of hydrogen-bond acceptors (Lipinski definition) is 2. The molecule has 1 fully saturated rings. The van der Waals surface area contributed by atoms with E-state index in [4.69, 9.17) is 16.3 Å². The Balaban J connectivity index is 1.69. The first-order chi connectivity index (χ1) is 12.1. The Morgan fingerprint density at radius 3 is 2.36 bits per heavy atom. The van der Waals surface area contributed by atoms with Gasteiger partial charge in [0.15, 0.2) is 0 Å². The van der Waals surface area contributed by atoms with E-state index < -0.39 is 0 Å². The number of carbonyl (C=O) groups excluding carboxylic acids is 1. The Morgan fingerprint density at radius 2 is 1.76 bits per heavy atom. The molecular weight excluding hydrogens is 334 g/mol. The van der Waals surface area contributed by atoms with Crippen molar-refractivity contribution >= 4 is 17.5 Å². The maximum atomic E-state index is 12.6. The first-order valence-corrected chi connectivity index (χ1v) is 9.06. The van der Waals surface area contributed by atoms with Crippen LogP contribution < -0.4 is 5.32 Å². The molecule has 0 heterocycles. The molecule has 3 rings (SSSR count). The van der Waals surface area contributed by atoms with Crippen LogP contribution in [0.1, 0.15) is 36.3 Å². The van der Waals surface area contributed by atoms with Crippen molar-refractivity contribution in [2.45, 2.75) is 25.2 Å². The van der Waals surface area contributed by atoms with E-state index in [2.05, 4.69) is 17.4 Å². The summed E-state index contributed by atoms with van der Waals surface area (Å²) in [5.41, 5.74) is 2.40. The van der Waals surface area contributed by atoms with Crippen LogP contribution in [0.25, 0.3) is 0 Å². The molecule has 25 heavy (non-hydrogen) atoms. The van der Waals surface area contributed by atoms with E-state index in [-0.39, 0.29) is 17.2 Å². The van der Waals surface area contributed by atoms with Gasteiger partial charge >= 0.3 is 0 Å². The predicted octanol–water partition coefficient (Wildman–Crippen LogP) is 4.40. The molecule has 2 aromatic carbocycles. The topological polar surface area (TPSA) is 38.3 Å². The SMILES string of the molecule is COCC1(CNC(=O)C[C@H](c2ccccc2)c2ccc(Cl)cc2)CC1. The molecule has 1 aliphatic carbocycles. The first-order valence-electron chi connectivity index (χ1n) is 8.68. The number of halogens is 1. The van der Waals surface area contributed by atoms with Gasteiger partial charge in [-0.1, -0.05) is 54.1 Å². The fourth-order valence-electron chi connectivity index (χ4n) is 3.21. The molecular formula is C21H24ClNO2. The average molecular weight is 358 g/mol. The molecule has 0 saturated heterocycles. The van der Waals surface area contributed by atoms with Gasteiger partial charge in [-0.3, -0.25) is 4.79 Å². The van der Waals surface area contributed by atoms with Crippen LogP contribution in [0.15, 0.2) is 54.6 Å². The second-order valence-electron chi connectivity index (χ2n) is 6.93. The van der Waals surface area contributed by atoms with E-state index in [0.717, 1.165) is 24.0 Å². The van der Waals surface area contributed by atoms with Crippen molar-refractivity contribution in [2.24, 2.45) is 5.41 Å². The van der Waals surface area contributed by atoms with Crippen molar-refractivity contribution in [1.29, 1.82) is 0 Å². The van der Waals surface area contributed by atoms with Gasteiger partial charge in [-0.2, -0.15) is 0 Å². The lowest BCUT2D eigenvalue weighted by atomic mass is 9.88. The van der Waals surface area contributed by atoms with Crippen LogP contribution in [0.2, 0.25) is 5.02 Å². The second-order valence-corrected chi connectivity index (χ2v) is 7.37.